The van der Waals surface area contributed by atoms with Gasteiger partial charge in [0.25, 0.3) is 0 Å². The van der Waals surface area contributed by atoms with Crippen molar-refractivity contribution in [2.75, 3.05) is 11.6 Å². The Bertz CT molecular complexity index is 1390. The first-order valence-electron chi connectivity index (χ1n) is 11.4. The summed E-state index contributed by atoms with van der Waals surface area (Å²) < 4.78 is 0. The number of fused-ring (bicyclic) bond motifs is 4. The number of aromatic amines is 1. The van der Waals surface area contributed by atoms with Crippen molar-refractivity contribution in [3.05, 3.63) is 107 Å². The molecule has 2 heterocycles. The number of rotatable bonds is 3. The molecule has 6 rings (SSSR count). The van der Waals surface area contributed by atoms with Gasteiger partial charge in [0.15, 0.2) is 12.0 Å². The monoisotopic (exact) mass is 449 g/mol. The minimum absolute atomic E-state index is 0.127. The number of aromatic nitrogens is 1. The molecule has 0 amide bonds. The molecule has 162 valence electrons. The van der Waals surface area contributed by atoms with Crippen LogP contribution in [-0.4, -0.2) is 12.0 Å². The zero-order valence-electron chi connectivity index (χ0n) is 18.5. The summed E-state index contributed by atoms with van der Waals surface area (Å²) in [6.45, 7) is 0. The summed E-state index contributed by atoms with van der Waals surface area (Å²) in [6, 6.07) is 27.4. The molecule has 2 N–H and O–H groups in total. The maximum absolute atomic E-state index is 13.8. The predicted molar refractivity (Wildman–Crippen MR) is 135 cm³/mol. The molecule has 0 saturated heterocycles. The van der Waals surface area contributed by atoms with Gasteiger partial charge in [0.1, 0.15) is 0 Å². The maximum atomic E-state index is 13.8. The van der Waals surface area contributed by atoms with Gasteiger partial charge in [-0.25, -0.2) is 4.98 Å². The van der Waals surface area contributed by atoms with Gasteiger partial charge >= 0.3 is 0 Å². The average molecular weight is 450 g/mol. The number of thioether (sulfide) groups is 1. The molecule has 4 aromatic rings. The minimum atomic E-state index is -0.127. The first-order chi connectivity index (χ1) is 16.2. The number of allylic oxidation sites excluding steroid dienone is 1. The second-order valence-electron chi connectivity index (χ2n) is 8.80. The van der Waals surface area contributed by atoms with Crippen LogP contribution in [0, 0.1) is 0 Å². The smallest absolute Gasteiger partial charge is 0.211 e. The topological polar surface area (TPSA) is 43.2 Å². The van der Waals surface area contributed by atoms with E-state index in [4.69, 9.17) is 0 Å². The van der Waals surface area contributed by atoms with Gasteiger partial charge in [-0.3, -0.25) is 4.79 Å². The van der Waals surface area contributed by atoms with Gasteiger partial charge in [0.05, 0.1) is 11.4 Å². The standard InChI is InChI=1S/C29H24N2OS/c1-33-21-11-9-19(10-12-21)29-28-23(16-20(17-26(28)32)18-6-3-2-4-7-18)27-22-8-5-15-30-24(22)13-14-25(27)31-29/h2-15,20,29,31H,16-17H2,1H3/p+1. The number of carbonyl (C=O) groups excluding carboxylic acids is 1. The van der Waals surface area contributed by atoms with Crippen LogP contribution in [0.2, 0.25) is 0 Å². The van der Waals surface area contributed by atoms with E-state index in [1.54, 1.807) is 11.8 Å². The van der Waals surface area contributed by atoms with Crippen molar-refractivity contribution in [2.45, 2.75) is 29.7 Å². The van der Waals surface area contributed by atoms with Gasteiger partial charge in [0, 0.05) is 40.3 Å². The number of carbonyl (C=O) groups is 1. The lowest BCUT2D eigenvalue weighted by molar-refractivity contribution is -0.344. The molecular formula is C29H25N2OS+. The van der Waals surface area contributed by atoms with E-state index in [9.17, 15) is 4.79 Å². The van der Waals surface area contributed by atoms with Crippen molar-refractivity contribution in [1.82, 2.24) is 0 Å². The first kappa shape index (κ1) is 20.3. The fourth-order valence-corrected chi connectivity index (χ4v) is 5.79. The second kappa shape index (κ2) is 8.20. The van der Waals surface area contributed by atoms with E-state index in [0.29, 0.717) is 6.42 Å². The number of benzene rings is 3. The molecule has 0 radical (unpaired) electrons. The number of hydrogen-bond acceptors (Lipinski definition) is 3. The molecule has 3 aromatic carbocycles. The third kappa shape index (κ3) is 3.46. The molecule has 0 saturated carbocycles. The van der Waals surface area contributed by atoms with Gasteiger partial charge in [0.2, 0.25) is 5.52 Å². The molecule has 2 unspecified atom stereocenters. The zero-order valence-corrected chi connectivity index (χ0v) is 19.3. The quantitative estimate of drug-likeness (QED) is 0.366. The van der Waals surface area contributed by atoms with Crippen LogP contribution in [0.1, 0.15) is 41.5 Å². The SMILES string of the molecule is CSc1ccc(C2Nc3ccc4[nH+]cccc4c3C3=C2C(=O)CC(c2ccccc2)C3)cc1. The Morgan fingerprint density at radius 3 is 2.48 bits per heavy atom. The van der Waals surface area contributed by atoms with Crippen molar-refractivity contribution >= 4 is 39.7 Å². The van der Waals surface area contributed by atoms with Crippen molar-refractivity contribution < 1.29 is 9.78 Å². The molecule has 33 heavy (non-hydrogen) atoms. The molecular weight excluding hydrogens is 424 g/mol. The number of Topliss-reactive ketones (excluding diaryl/α,β-unsaturated/α-hetero) is 1. The lowest BCUT2D eigenvalue weighted by Crippen LogP contribution is -2.29. The Labute approximate surface area is 197 Å². The van der Waals surface area contributed by atoms with E-state index in [-0.39, 0.29) is 17.7 Å². The van der Waals surface area contributed by atoms with Crippen LogP contribution in [0.15, 0.2) is 95.5 Å². The van der Waals surface area contributed by atoms with E-state index in [1.807, 2.05) is 18.3 Å². The van der Waals surface area contributed by atoms with E-state index < -0.39 is 0 Å². The third-order valence-electron chi connectivity index (χ3n) is 6.96. The maximum Gasteiger partial charge on any atom is 0.211 e. The summed E-state index contributed by atoms with van der Waals surface area (Å²) in [6.07, 6.45) is 5.46. The Kier molecular flexibility index (Phi) is 5.03. The van der Waals surface area contributed by atoms with Crippen LogP contribution in [0.5, 0.6) is 0 Å². The van der Waals surface area contributed by atoms with E-state index in [2.05, 4.69) is 83.3 Å². The van der Waals surface area contributed by atoms with E-state index >= 15 is 0 Å². The predicted octanol–water partition coefficient (Wildman–Crippen LogP) is 6.44. The van der Waals surface area contributed by atoms with Crippen LogP contribution < -0.4 is 10.3 Å². The third-order valence-corrected chi connectivity index (χ3v) is 7.71. The highest BCUT2D eigenvalue weighted by Gasteiger charge is 2.38. The van der Waals surface area contributed by atoms with E-state index in [1.165, 1.54) is 21.6 Å². The summed E-state index contributed by atoms with van der Waals surface area (Å²) in [4.78, 5) is 18.4. The number of anilines is 1. The largest absolute Gasteiger partial charge is 0.373 e. The lowest BCUT2D eigenvalue weighted by atomic mass is 9.72. The Morgan fingerprint density at radius 2 is 1.70 bits per heavy atom. The molecule has 1 aromatic heterocycles. The molecule has 2 atom stereocenters. The molecule has 4 heteroatoms. The summed E-state index contributed by atoms with van der Waals surface area (Å²) in [5, 5.41) is 4.89. The van der Waals surface area contributed by atoms with Crippen LogP contribution >= 0.6 is 11.8 Å². The highest BCUT2D eigenvalue weighted by atomic mass is 32.2. The number of ketones is 1. The van der Waals surface area contributed by atoms with Gasteiger partial charge < -0.3 is 5.32 Å². The number of hydrogen-bond donors (Lipinski definition) is 1. The summed E-state index contributed by atoms with van der Waals surface area (Å²) >= 11 is 1.73. The van der Waals surface area contributed by atoms with Crippen LogP contribution in [0.3, 0.4) is 0 Å². The van der Waals surface area contributed by atoms with Crippen molar-refractivity contribution in [3.8, 4) is 0 Å². The molecule has 0 fully saturated rings. The minimum Gasteiger partial charge on any atom is -0.373 e. The highest BCUT2D eigenvalue weighted by Crippen LogP contribution is 2.50. The zero-order chi connectivity index (χ0) is 22.4. The van der Waals surface area contributed by atoms with Crippen molar-refractivity contribution in [2.24, 2.45) is 0 Å². The lowest BCUT2D eigenvalue weighted by Gasteiger charge is -2.37. The highest BCUT2D eigenvalue weighted by molar-refractivity contribution is 7.98. The summed E-state index contributed by atoms with van der Waals surface area (Å²) in [7, 11) is 0. The Balaban J connectivity index is 1.56. The van der Waals surface area contributed by atoms with Crippen molar-refractivity contribution in [3.63, 3.8) is 0 Å². The van der Waals surface area contributed by atoms with Gasteiger partial charge in [-0.15, -0.1) is 11.8 Å². The van der Waals surface area contributed by atoms with Crippen LogP contribution in [0.4, 0.5) is 5.69 Å². The van der Waals surface area contributed by atoms with E-state index in [0.717, 1.165) is 34.1 Å². The Hall–Kier alpha value is -3.37. The molecule has 3 nitrogen and oxygen atoms in total. The molecule has 1 aliphatic heterocycles. The first-order valence-corrected chi connectivity index (χ1v) is 12.6. The van der Waals surface area contributed by atoms with Crippen LogP contribution in [0.25, 0.3) is 16.5 Å². The fraction of sp³-hybridized carbons (Fsp3) is 0.172. The normalized spacial score (nSPS) is 19.7. The van der Waals surface area contributed by atoms with Crippen LogP contribution in [-0.2, 0) is 4.79 Å². The molecule has 0 bridgehead atoms. The molecule has 2 aliphatic rings. The van der Waals surface area contributed by atoms with Crippen molar-refractivity contribution in [1.29, 1.82) is 0 Å². The number of H-pyrrole nitrogens is 1. The molecule has 1 aliphatic carbocycles. The Morgan fingerprint density at radius 1 is 0.879 bits per heavy atom. The van der Waals surface area contributed by atoms with Gasteiger partial charge in [-0.05, 0) is 59.6 Å². The molecule has 0 spiro atoms. The number of pyridine rings is 1. The fourth-order valence-electron chi connectivity index (χ4n) is 5.38. The number of nitrogens with one attached hydrogen (secondary N) is 2. The van der Waals surface area contributed by atoms with Gasteiger partial charge in [-0.1, -0.05) is 42.5 Å². The second-order valence-corrected chi connectivity index (χ2v) is 9.68. The summed E-state index contributed by atoms with van der Waals surface area (Å²) in [5.74, 6) is 0.449. The average Bonchev–Trinajstić information content (AvgIpc) is 2.88. The van der Waals surface area contributed by atoms with Gasteiger partial charge in [-0.2, -0.15) is 0 Å². The summed E-state index contributed by atoms with van der Waals surface area (Å²) in [5.41, 5.74) is 7.86.